The van der Waals surface area contributed by atoms with Crippen LogP contribution in [-0.2, 0) is 20.0 Å². The third kappa shape index (κ3) is 5.67. The normalized spacial score (nSPS) is 13.2. The summed E-state index contributed by atoms with van der Waals surface area (Å²) in [6.07, 6.45) is -0.174. The summed E-state index contributed by atoms with van der Waals surface area (Å²) in [4.78, 5) is -0.827. The van der Waals surface area contributed by atoms with Gasteiger partial charge in [-0.15, -0.1) is 0 Å². The molecule has 2 N–H and O–H groups in total. The van der Waals surface area contributed by atoms with Crippen LogP contribution < -0.4 is 8.92 Å². The molecule has 0 aliphatic heterocycles. The van der Waals surface area contributed by atoms with Crippen molar-refractivity contribution >= 4 is 20.0 Å². The van der Waals surface area contributed by atoms with Gasteiger partial charge in [-0.1, -0.05) is 12.1 Å². The second kappa shape index (κ2) is 8.26. The van der Waals surface area contributed by atoms with E-state index >= 15 is 0 Å². The van der Waals surface area contributed by atoms with E-state index in [4.69, 9.17) is 14.0 Å². The molecule has 0 saturated carbocycles. The Morgan fingerprint density at radius 2 is 1.59 bits per heavy atom. The average Bonchev–Trinajstić information content (AvgIpc) is 2.58. The number of sulfone groups is 1. The molecule has 1 atom stereocenters. The molecule has 0 heterocycles. The Labute approximate surface area is 158 Å². The van der Waals surface area contributed by atoms with Crippen LogP contribution >= 0.6 is 0 Å². The topological polar surface area (TPSA) is 127 Å². The molecule has 0 bridgehead atoms. The van der Waals surface area contributed by atoms with Crippen LogP contribution in [0.2, 0.25) is 0 Å². The van der Waals surface area contributed by atoms with Crippen molar-refractivity contribution in [3.05, 3.63) is 48.0 Å². The molecule has 27 heavy (non-hydrogen) atoms. The number of hydrogen-bond donors (Lipinski definition) is 2. The fourth-order valence-electron chi connectivity index (χ4n) is 2.23. The van der Waals surface area contributed by atoms with E-state index in [0.717, 1.165) is 12.3 Å². The van der Waals surface area contributed by atoms with Crippen LogP contribution in [0, 0.1) is 6.92 Å². The maximum absolute atomic E-state index is 12.6. The molecule has 0 aromatic heterocycles. The number of ether oxygens (including phenoxy) is 1. The molecule has 0 fully saturated rings. The van der Waals surface area contributed by atoms with Crippen LogP contribution in [0.25, 0.3) is 0 Å². The zero-order valence-corrected chi connectivity index (χ0v) is 16.3. The molecule has 0 amide bonds. The van der Waals surface area contributed by atoms with Gasteiger partial charge < -0.3 is 19.1 Å². The molecule has 2 rings (SSSR count). The van der Waals surface area contributed by atoms with E-state index in [2.05, 4.69) is 0 Å². The molecule has 8 nitrogen and oxygen atoms in total. The minimum absolute atomic E-state index is 0.0770. The summed E-state index contributed by atoms with van der Waals surface area (Å²) in [5, 5.41) is 18.2. The van der Waals surface area contributed by atoms with Gasteiger partial charge in [0.05, 0.1) is 11.5 Å². The minimum atomic E-state index is -4.42. The molecular formula is C17H20O8S2. The summed E-state index contributed by atoms with van der Waals surface area (Å²) >= 11 is 0. The minimum Gasteiger partial charge on any atom is -0.491 e. The highest BCUT2D eigenvalue weighted by atomic mass is 32.2. The van der Waals surface area contributed by atoms with Crippen LogP contribution in [0.5, 0.6) is 11.5 Å². The summed E-state index contributed by atoms with van der Waals surface area (Å²) in [5.41, 5.74) is 0.618. The largest absolute Gasteiger partial charge is 0.491 e. The molecule has 0 radical (unpaired) electrons. The molecule has 2 aromatic carbocycles. The predicted molar refractivity (Wildman–Crippen MR) is 97.1 cm³/mol. The van der Waals surface area contributed by atoms with Crippen molar-refractivity contribution in [2.24, 2.45) is 0 Å². The molecule has 10 heteroatoms. The number of aliphatic hydroxyl groups excluding tert-OH is 2. The number of aryl methyl sites for hydroxylation is 1. The van der Waals surface area contributed by atoms with Crippen molar-refractivity contribution in [3.63, 3.8) is 0 Å². The molecule has 1 unspecified atom stereocenters. The average molecular weight is 416 g/mol. The summed E-state index contributed by atoms with van der Waals surface area (Å²) in [6, 6.07) is 9.47. The van der Waals surface area contributed by atoms with Crippen LogP contribution in [0.3, 0.4) is 0 Å². The zero-order chi connectivity index (χ0) is 20.2. The zero-order valence-electron chi connectivity index (χ0n) is 14.7. The molecule has 0 spiro atoms. The fourth-order valence-corrected chi connectivity index (χ4v) is 4.74. The van der Waals surface area contributed by atoms with Crippen LogP contribution in [0.4, 0.5) is 0 Å². The van der Waals surface area contributed by atoms with Crippen molar-refractivity contribution < 1.29 is 36.0 Å². The van der Waals surface area contributed by atoms with Gasteiger partial charge in [0.25, 0.3) is 0 Å². The maximum Gasteiger partial charge on any atom is 0.340 e. The Bertz CT molecular complexity index is 1010. The fraction of sp³-hybridized carbons (Fsp3) is 0.294. The van der Waals surface area contributed by atoms with Gasteiger partial charge in [-0.3, -0.25) is 0 Å². The van der Waals surface area contributed by atoms with E-state index < -0.39 is 37.6 Å². The Hall–Kier alpha value is -2.14. The highest BCUT2D eigenvalue weighted by molar-refractivity contribution is 7.92. The van der Waals surface area contributed by atoms with Crippen molar-refractivity contribution in [2.75, 3.05) is 19.5 Å². The summed E-state index contributed by atoms with van der Waals surface area (Å²) in [5.74, 6) is 0.149. The quantitative estimate of drug-likeness (QED) is 0.608. The first-order chi connectivity index (χ1) is 12.5. The first kappa shape index (κ1) is 21.2. The summed E-state index contributed by atoms with van der Waals surface area (Å²) in [7, 11) is -8.20. The van der Waals surface area contributed by atoms with Gasteiger partial charge in [0.1, 0.15) is 29.1 Å². The molecule has 0 aliphatic rings. The van der Waals surface area contributed by atoms with Crippen molar-refractivity contribution in [3.8, 4) is 11.5 Å². The monoisotopic (exact) mass is 416 g/mol. The van der Waals surface area contributed by atoms with Crippen LogP contribution in [0.15, 0.2) is 52.3 Å². The Kier molecular flexibility index (Phi) is 6.47. The van der Waals surface area contributed by atoms with E-state index in [1.165, 1.54) is 30.3 Å². The van der Waals surface area contributed by atoms with E-state index in [1.807, 2.05) is 0 Å². The predicted octanol–water partition coefficient (Wildman–Crippen LogP) is 0.898. The third-order valence-corrected chi connectivity index (χ3v) is 5.99. The van der Waals surface area contributed by atoms with Gasteiger partial charge in [-0.05, 0) is 36.8 Å². The highest BCUT2D eigenvalue weighted by Gasteiger charge is 2.25. The van der Waals surface area contributed by atoms with Crippen molar-refractivity contribution in [2.45, 2.75) is 22.8 Å². The number of aliphatic hydroxyl groups is 2. The first-order valence-electron chi connectivity index (χ1n) is 7.80. The van der Waals surface area contributed by atoms with Gasteiger partial charge in [0.2, 0.25) is 0 Å². The van der Waals surface area contributed by atoms with E-state index in [9.17, 15) is 21.9 Å². The first-order valence-corrected chi connectivity index (χ1v) is 11.1. The maximum atomic E-state index is 12.6. The SMILES string of the molecule is Cc1cc(OCC(O)CO)cc(OS(=O)(=O)c2ccccc2S(C)(=O)=O)c1. The third-order valence-electron chi connectivity index (χ3n) is 3.40. The lowest BCUT2D eigenvalue weighted by atomic mass is 10.2. The smallest absolute Gasteiger partial charge is 0.340 e. The van der Waals surface area contributed by atoms with Crippen LogP contribution in [0.1, 0.15) is 5.56 Å². The van der Waals surface area contributed by atoms with Gasteiger partial charge in [-0.25, -0.2) is 8.42 Å². The Morgan fingerprint density at radius 1 is 1.00 bits per heavy atom. The second-order valence-corrected chi connectivity index (χ2v) is 9.38. The van der Waals surface area contributed by atoms with Gasteiger partial charge >= 0.3 is 10.1 Å². The Morgan fingerprint density at radius 3 is 2.19 bits per heavy atom. The molecule has 148 valence electrons. The van der Waals surface area contributed by atoms with E-state index in [1.54, 1.807) is 13.0 Å². The van der Waals surface area contributed by atoms with E-state index in [0.29, 0.717) is 5.56 Å². The molecule has 2 aromatic rings. The summed E-state index contributed by atoms with van der Waals surface area (Å²) in [6.45, 7) is 1.01. The lowest BCUT2D eigenvalue weighted by molar-refractivity contribution is 0.0535. The van der Waals surface area contributed by atoms with E-state index in [-0.39, 0.29) is 23.0 Å². The number of rotatable bonds is 8. The highest BCUT2D eigenvalue weighted by Crippen LogP contribution is 2.28. The molecule has 0 saturated heterocycles. The Balaban J connectivity index is 2.35. The molecular weight excluding hydrogens is 396 g/mol. The summed E-state index contributed by atoms with van der Waals surface area (Å²) < 4.78 is 59.3. The van der Waals surface area contributed by atoms with Gasteiger partial charge in [-0.2, -0.15) is 8.42 Å². The van der Waals surface area contributed by atoms with Gasteiger partial charge in [0.15, 0.2) is 9.84 Å². The lowest BCUT2D eigenvalue weighted by Gasteiger charge is -2.13. The van der Waals surface area contributed by atoms with Crippen molar-refractivity contribution in [1.82, 2.24) is 0 Å². The molecule has 0 aliphatic carbocycles. The number of benzene rings is 2. The lowest BCUT2D eigenvalue weighted by Crippen LogP contribution is -2.21. The van der Waals surface area contributed by atoms with Crippen LogP contribution in [-0.4, -0.2) is 52.6 Å². The standard InChI is InChI=1S/C17H20O8S2/c1-12-7-14(24-11-13(19)10-18)9-15(8-12)25-27(22,23)17-6-4-3-5-16(17)26(2,20)21/h3-9,13,18-19H,10-11H2,1-2H3. The van der Waals surface area contributed by atoms with Crippen molar-refractivity contribution in [1.29, 1.82) is 0 Å². The number of hydrogen-bond acceptors (Lipinski definition) is 8. The van der Waals surface area contributed by atoms with Gasteiger partial charge in [0, 0.05) is 12.3 Å². The second-order valence-electron chi connectivity index (χ2n) is 5.89.